The van der Waals surface area contributed by atoms with Crippen LogP contribution < -0.4 is 5.56 Å². The number of hydrogen-bond donors (Lipinski definition) is 1. The number of nitrogens with zero attached hydrogens (tertiary/aromatic N) is 2. The van der Waals surface area contributed by atoms with Crippen molar-refractivity contribution >= 4 is 16.9 Å². The van der Waals surface area contributed by atoms with Gasteiger partial charge in [0.15, 0.2) is 0 Å². The van der Waals surface area contributed by atoms with Crippen LogP contribution in [-0.4, -0.2) is 39.6 Å². The average molecular weight is 374 g/mol. The second-order valence-electron chi connectivity index (χ2n) is 7.09. The summed E-state index contributed by atoms with van der Waals surface area (Å²) in [6, 6.07) is 7.43. The van der Waals surface area contributed by atoms with Gasteiger partial charge in [-0.25, -0.2) is 9.78 Å². The molecule has 27 heavy (non-hydrogen) atoms. The number of hydrogen-bond acceptors (Lipinski definition) is 5. The van der Waals surface area contributed by atoms with Gasteiger partial charge in [0.2, 0.25) is 0 Å². The summed E-state index contributed by atoms with van der Waals surface area (Å²) in [5.74, 6) is -1.65. The van der Waals surface area contributed by atoms with Crippen molar-refractivity contribution in [3.8, 4) is 0 Å². The highest BCUT2D eigenvalue weighted by molar-refractivity contribution is 5.77. The van der Waals surface area contributed by atoms with E-state index in [0.29, 0.717) is 31.6 Å². The number of aromatic nitrogens is 2. The van der Waals surface area contributed by atoms with Crippen LogP contribution in [0.5, 0.6) is 0 Å². The van der Waals surface area contributed by atoms with Crippen molar-refractivity contribution in [2.45, 2.75) is 51.9 Å². The predicted molar refractivity (Wildman–Crippen MR) is 101 cm³/mol. The van der Waals surface area contributed by atoms with Crippen LogP contribution in [0.3, 0.4) is 0 Å². The average Bonchev–Trinajstić information content (AvgIpc) is 2.67. The van der Waals surface area contributed by atoms with Gasteiger partial charge in [-0.05, 0) is 25.0 Å². The summed E-state index contributed by atoms with van der Waals surface area (Å²) >= 11 is 0. The third-order valence-electron chi connectivity index (χ3n) is 5.08. The summed E-state index contributed by atoms with van der Waals surface area (Å²) in [5.41, 5.74) is 0.757. The van der Waals surface area contributed by atoms with Crippen LogP contribution in [0.1, 0.15) is 38.9 Å². The zero-order chi connectivity index (χ0) is 19.4. The molecule has 0 saturated carbocycles. The first-order valence-corrected chi connectivity index (χ1v) is 9.44. The van der Waals surface area contributed by atoms with E-state index in [2.05, 4.69) is 4.98 Å². The fraction of sp³-hybridized carbons (Fsp3) is 0.550. The summed E-state index contributed by atoms with van der Waals surface area (Å²) < 4.78 is 12.5. The molecule has 2 aromatic rings. The van der Waals surface area contributed by atoms with Crippen LogP contribution in [0.4, 0.5) is 0 Å². The number of carbonyl (C=O) groups is 1. The van der Waals surface area contributed by atoms with Gasteiger partial charge in [0, 0.05) is 25.8 Å². The van der Waals surface area contributed by atoms with Gasteiger partial charge in [0.05, 0.1) is 24.1 Å². The topological polar surface area (TPSA) is 90.7 Å². The maximum Gasteiger partial charge on any atom is 0.364 e. The van der Waals surface area contributed by atoms with Gasteiger partial charge in [0.1, 0.15) is 5.82 Å². The number of ether oxygens (including phenoxy) is 2. The van der Waals surface area contributed by atoms with Crippen LogP contribution in [0, 0.1) is 5.92 Å². The summed E-state index contributed by atoms with van der Waals surface area (Å²) in [6.45, 7) is 4.81. The summed E-state index contributed by atoms with van der Waals surface area (Å²) in [4.78, 5) is 28.5. The minimum absolute atomic E-state index is 0.0130. The monoisotopic (exact) mass is 374 g/mol. The largest absolute Gasteiger partial charge is 0.477 e. The predicted octanol–water partition coefficient (Wildman–Crippen LogP) is 2.59. The molecule has 146 valence electrons. The number of aliphatic carboxylic acids is 1. The molecule has 0 amide bonds. The Labute approximate surface area is 157 Å². The molecule has 1 saturated heterocycles. The minimum Gasteiger partial charge on any atom is -0.477 e. The molecule has 1 aliphatic rings. The van der Waals surface area contributed by atoms with Crippen molar-refractivity contribution in [1.82, 2.24) is 9.55 Å². The number of benzene rings is 1. The smallest absolute Gasteiger partial charge is 0.364 e. The molecular weight excluding hydrogens is 348 g/mol. The van der Waals surface area contributed by atoms with E-state index in [1.165, 1.54) is 6.92 Å². The highest BCUT2D eigenvalue weighted by atomic mass is 16.7. The van der Waals surface area contributed by atoms with Gasteiger partial charge >= 0.3 is 5.97 Å². The molecule has 1 aromatic carbocycles. The zero-order valence-corrected chi connectivity index (χ0v) is 15.8. The Bertz CT molecular complexity index is 868. The van der Waals surface area contributed by atoms with Gasteiger partial charge in [-0.2, -0.15) is 0 Å². The number of carboxylic acid groups (broad SMARTS) is 1. The third kappa shape index (κ3) is 4.20. The first kappa shape index (κ1) is 19.5. The quantitative estimate of drug-likeness (QED) is 0.749. The van der Waals surface area contributed by atoms with Crippen LogP contribution >= 0.6 is 0 Å². The van der Waals surface area contributed by atoms with E-state index >= 15 is 0 Å². The van der Waals surface area contributed by atoms with E-state index in [9.17, 15) is 9.59 Å². The molecule has 2 heterocycles. The molecular formula is C20H26N2O5. The first-order valence-electron chi connectivity index (χ1n) is 9.44. The Morgan fingerprint density at radius 1 is 1.30 bits per heavy atom. The molecule has 0 aliphatic carbocycles. The normalized spacial score (nSPS) is 22.8. The molecule has 0 unspecified atom stereocenters. The van der Waals surface area contributed by atoms with Gasteiger partial charge in [0.25, 0.3) is 11.3 Å². The van der Waals surface area contributed by atoms with Gasteiger partial charge in [-0.3, -0.25) is 9.36 Å². The zero-order valence-electron chi connectivity index (χ0n) is 15.8. The maximum absolute atomic E-state index is 12.8. The second-order valence-corrected chi connectivity index (χ2v) is 7.09. The first-order chi connectivity index (χ1) is 12.9. The number of aryl methyl sites for hydroxylation is 1. The molecule has 7 heteroatoms. The van der Waals surface area contributed by atoms with E-state index in [1.807, 2.05) is 31.2 Å². The van der Waals surface area contributed by atoms with Crippen molar-refractivity contribution in [2.24, 2.45) is 5.92 Å². The Morgan fingerprint density at radius 2 is 2.00 bits per heavy atom. The lowest BCUT2D eigenvalue weighted by atomic mass is 10.0. The van der Waals surface area contributed by atoms with E-state index in [4.69, 9.17) is 14.6 Å². The van der Waals surface area contributed by atoms with E-state index in [-0.39, 0.29) is 11.5 Å². The van der Waals surface area contributed by atoms with Crippen molar-refractivity contribution in [3.63, 3.8) is 0 Å². The molecule has 1 fully saturated rings. The molecule has 0 atom stereocenters. The standard InChI is InChI=1S/C20H26N2O5/c1-3-17-21-16-10-5-4-9-15(16)18(23)22(17)11-7-6-8-14-12-26-20(2,19(24)25)27-13-14/h4-5,9-10,14H,3,6-8,11-13H2,1-2H3,(H,24,25). The Hall–Kier alpha value is -2.25. The lowest BCUT2D eigenvalue weighted by Crippen LogP contribution is -2.47. The number of carboxylic acids is 1. The van der Waals surface area contributed by atoms with Crippen molar-refractivity contribution in [2.75, 3.05) is 13.2 Å². The SMILES string of the molecule is CCc1nc2ccccc2c(=O)n1CCCCC1COC(C)(C(=O)O)OC1. The van der Waals surface area contributed by atoms with E-state index in [1.54, 1.807) is 4.57 Å². The molecule has 0 spiro atoms. The van der Waals surface area contributed by atoms with Gasteiger partial charge in [-0.1, -0.05) is 25.5 Å². The number of para-hydroxylation sites is 1. The Morgan fingerprint density at radius 3 is 2.67 bits per heavy atom. The molecule has 1 aliphatic heterocycles. The summed E-state index contributed by atoms with van der Waals surface area (Å²) in [6.07, 6.45) is 3.33. The van der Waals surface area contributed by atoms with E-state index < -0.39 is 11.8 Å². The Balaban J connectivity index is 1.56. The van der Waals surface area contributed by atoms with Crippen LogP contribution in [-0.2, 0) is 27.2 Å². The fourth-order valence-corrected chi connectivity index (χ4v) is 3.35. The molecule has 7 nitrogen and oxygen atoms in total. The van der Waals surface area contributed by atoms with Gasteiger partial charge in [-0.15, -0.1) is 0 Å². The minimum atomic E-state index is -1.53. The van der Waals surface area contributed by atoms with Gasteiger partial charge < -0.3 is 14.6 Å². The number of unbranched alkanes of at least 4 members (excludes halogenated alkanes) is 1. The fourth-order valence-electron chi connectivity index (χ4n) is 3.35. The molecule has 1 N–H and O–H groups in total. The third-order valence-corrected chi connectivity index (χ3v) is 5.08. The van der Waals surface area contributed by atoms with Crippen LogP contribution in [0.25, 0.3) is 10.9 Å². The molecule has 1 aromatic heterocycles. The Kier molecular flexibility index (Phi) is 5.92. The molecule has 0 radical (unpaired) electrons. The number of rotatable bonds is 7. The highest BCUT2D eigenvalue weighted by Crippen LogP contribution is 2.24. The van der Waals surface area contributed by atoms with Crippen molar-refractivity contribution in [1.29, 1.82) is 0 Å². The highest BCUT2D eigenvalue weighted by Gasteiger charge is 2.40. The van der Waals surface area contributed by atoms with Crippen LogP contribution in [0.15, 0.2) is 29.1 Å². The van der Waals surface area contributed by atoms with Crippen molar-refractivity contribution in [3.05, 3.63) is 40.4 Å². The van der Waals surface area contributed by atoms with E-state index in [0.717, 1.165) is 30.6 Å². The van der Waals surface area contributed by atoms with Crippen molar-refractivity contribution < 1.29 is 19.4 Å². The second kappa shape index (κ2) is 8.19. The molecule has 3 rings (SSSR count). The lowest BCUT2D eigenvalue weighted by Gasteiger charge is -2.34. The lowest BCUT2D eigenvalue weighted by molar-refractivity contribution is -0.271. The maximum atomic E-state index is 12.8. The number of fused-ring (bicyclic) bond motifs is 1. The molecule has 0 bridgehead atoms. The summed E-state index contributed by atoms with van der Waals surface area (Å²) in [5, 5.41) is 9.74. The van der Waals surface area contributed by atoms with Crippen LogP contribution in [0.2, 0.25) is 0 Å². The summed E-state index contributed by atoms with van der Waals surface area (Å²) in [7, 11) is 0.